The molecular formula is C22H25N7O5S. The number of phenols is 1. The molecular weight excluding hydrogens is 474 g/mol. The molecule has 0 aliphatic carbocycles. The highest BCUT2D eigenvalue weighted by Crippen LogP contribution is 2.36. The van der Waals surface area contributed by atoms with Gasteiger partial charge in [-0.05, 0) is 24.8 Å². The molecule has 0 fully saturated rings. The Balaban J connectivity index is 1.75. The monoisotopic (exact) mass is 499 g/mol. The second-order valence-corrected chi connectivity index (χ2v) is 9.20. The van der Waals surface area contributed by atoms with Gasteiger partial charge in [0.1, 0.15) is 23.3 Å². The molecule has 1 aromatic carbocycles. The normalized spacial score (nSPS) is 17.2. The molecule has 13 heteroatoms. The molecule has 0 amide bonds. The van der Waals surface area contributed by atoms with E-state index in [2.05, 4.69) is 36.7 Å². The Morgan fingerprint density at radius 2 is 2.09 bits per heavy atom. The number of ether oxygens (including phenoxy) is 2. The second-order valence-electron chi connectivity index (χ2n) is 7.65. The van der Waals surface area contributed by atoms with E-state index < -0.39 is 22.7 Å². The second kappa shape index (κ2) is 10.2. The number of aliphatic hydroxyl groups excluding tert-OH is 1. The molecule has 0 spiro atoms. The Bertz CT molecular complexity index is 1280. The number of nitrogens with one attached hydrogen (secondary N) is 2. The van der Waals surface area contributed by atoms with Gasteiger partial charge >= 0.3 is 0 Å². The number of aliphatic imine (C=N–C) groups is 1. The van der Waals surface area contributed by atoms with E-state index >= 15 is 0 Å². The molecule has 0 saturated heterocycles. The van der Waals surface area contributed by atoms with Crippen molar-refractivity contribution in [1.82, 2.24) is 25.0 Å². The quantitative estimate of drug-likeness (QED) is 0.304. The Hall–Kier alpha value is -3.86. The summed E-state index contributed by atoms with van der Waals surface area (Å²) in [5, 5.41) is 32.1. The van der Waals surface area contributed by atoms with Crippen LogP contribution in [-0.2, 0) is 16.1 Å². The van der Waals surface area contributed by atoms with E-state index in [1.165, 1.54) is 30.9 Å². The number of benzene rings is 1. The number of methoxy groups -OCH3 is 2. The van der Waals surface area contributed by atoms with Crippen molar-refractivity contribution in [3.8, 4) is 17.2 Å². The first kappa shape index (κ1) is 24.3. The van der Waals surface area contributed by atoms with Gasteiger partial charge < -0.3 is 34.5 Å². The molecule has 2 unspecified atom stereocenters. The Labute approximate surface area is 204 Å². The van der Waals surface area contributed by atoms with E-state index in [0.717, 1.165) is 0 Å². The summed E-state index contributed by atoms with van der Waals surface area (Å²) in [6.07, 6.45) is 2.24. The first-order valence-electron chi connectivity index (χ1n) is 10.5. The van der Waals surface area contributed by atoms with Gasteiger partial charge in [-0.1, -0.05) is 11.8 Å². The minimum atomic E-state index is -1.81. The van der Waals surface area contributed by atoms with Gasteiger partial charge in [0.2, 0.25) is 5.90 Å². The third kappa shape index (κ3) is 4.85. The van der Waals surface area contributed by atoms with Crippen molar-refractivity contribution in [3.63, 3.8) is 0 Å². The molecule has 12 nitrogen and oxygen atoms in total. The Morgan fingerprint density at radius 1 is 1.29 bits per heavy atom. The third-order valence-electron chi connectivity index (χ3n) is 5.30. The van der Waals surface area contributed by atoms with Gasteiger partial charge in [-0.3, -0.25) is 0 Å². The van der Waals surface area contributed by atoms with Crippen molar-refractivity contribution in [3.05, 3.63) is 53.5 Å². The largest absolute Gasteiger partial charge is 0.593 e. The van der Waals surface area contributed by atoms with Crippen LogP contribution in [0.25, 0.3) is 11.4 Å². The Kier molecular flexibility index (Phi) is 7.06. The van der Waals surface area contributed by atoms with Crippen molar-refractivity contribution in [2.24, 2.45) is 4.99 Å². The van der Waals surface area contributed by atoms with Gasteiger partial charge in [0.05, 0.1) is 44.0 Å². The summed E-state index contributed by atoms with van der Waals surface area (Å²) in [7, 11) is 4.78. The molecule has 0 bridgehead atoms. The Morgan fingerprint density at radius 3 is 2.77 bits per heavy atom. The zero-order chi connectivity index (χ0) is 25.1. The maximum Gasteiger partial charge on any atom is 0.271 e. The molecule has 3 heterocycles. The number of phenolic OH excluding ortho intramolecular Hbond substituents is 1. The van der Waals surface area contributed by atoms with Gasteiger partial charge in [-0.25, -0.2) is 9.56 Å². The van der Waals surface area contributed by atoms with E-state index in [1.807, 2.05) is 11.9 Å². The van der Waals surface area contributed by atoms with Crippen molar-refractivity contribution in [2.45, 2.75) is 18.3 Å². The summed E-state index contributed by atoms with van der Waals surface area (Å²) >= 11 is -1.81. The summed E-state index contributed by atoms with van der Waals surface area (Å²) in [4.78, 5) is 6.19. The highest BCUT2D eigenvalue weighted by molar-refractivity contribution is 7.93. The van der Waals surface area contributed by atoms with E-state index in [1.54, 1.807) is 25.3 Å². The summed E-state index contributed by atoms with van der Waals surface area (Å²) < 4.78 is 28.0. The minimum Gasteiger partial charge on any atom is -0.593 e. The van der Waals surface area contributed by atoms with Gasteiger partial charge in [-0.15, -0.1) is 10.2 Å². The number of nitrogens with zero attached hydrogens (tertiary/aromatic N) is 5. The number of hydrogen-bond donors (Lipinski definition) is 4. The first-order valence-corrected chi connectivity index (χ1v) is 11.7. The van der Waals surface area contributed by atoms with Crippen molar-refractivity contribution < 1.29 is 24.2 Å². The standard InChI is InChI=1S/C22H25N7O5S/c1-13(20(31)15-11-28(2)12-23-15)35(32)27-22-26-25-21(14-7-5-10-18(24-14)34-4)29(22)19-16(30)8-6-9-17(19)33-3/h6,8-11,13,20,23,30-31H,12H2,1-4H3,(H,26,27)/t13-,20?,35?/m1/s1. The lowest BCUT2D eigenvalue weighted by molar-refractivity contribution is 0.202. The van der Waals surface area contributed by atoms with Gasteiger partial charge in [0, 0.05) is 13.2 Å². The molecule has 3 atom stereocenters. The van der Waals surface area contributed by atoms with Crippen molar-refractivity contribution in [2.75, 3.05) is 32.7 Å². The molecule has 1 aromatic heterocycles. The fourth-order valence-corrected chi connectivity index (χ4v) is 4.32. The van der Waals surface area contributed by atoms with Crippen LogP contribution in [0.2, 0.25) is 0 Å². The maximum atomic E-state index is 13.2. The lowest BCUT2D eigenvalue weighted by atomic mass is 10.2. The van der Waals surface area contributed by atoms with Gasteiger partial charge in [0.15, 0.2) is 16.8 Å². The summed E-state index contributed by atoms with van der Waals surface area (Å²) in [6.45, 7) is 2.19. The number of hydrogen-bond acceptors (Lipinski definition) is 11. The topological polar surface area (TPSA) is 152 Å². The first-order chi connectivity index (χ1) is 16.8. The molecule has 4 N–H and O–H groups in total. The molecule has 0 saturated carbocycles. The third-order valence-corrected chi connectivity index (χ3v) is 6.62. The van der Waals surface area contributed by atoms with E-state index in [0.29, 0.717) is 18.1 Å². The maximum absolute atomic E-state index is 13.2. The zero-order valence-electron chi connectivity index (χ0n) is 19.5. The lowest BCUT2D eigenvalue weighted by Crippen LogP contribution is -2.39. The van der Waals surface area contributed by atoms with E-state index in [4.69, 9.17) is 9.47 Å². The molecule has 0 radical (unpaired) electrons. The van der Waals surface area contributed by atoms with Crippen LogP contribution in [0.15, 0.2) is 52.6 Å². The molecule has 184 valence electrons. The predicted molar refractivity (Wildman–Crippen MR) is 130 cm³/mol. The van der Waals surface area contributed by atoms with Crippen LogP contribution in [0.4, 0.5) is 5.95 Å². The number of aromatic nitrogens is 3. The molecule has 35 heavy (non-hydrogen) atoms. The van der Waals surface area contributed by atoms with Crippen LogP contribution in [0, 0.1) is 0 Å². The van der Waals surface area contributed by atoms with Crippen LogP contribution in [0.1, 0.15) is 12.7 Å². The number of anilines is 1. The molecule has 2 aliphatic rings. The summed E-state index contributed by atoms with van der Waals surface area (Å²) in [6, 6.07) is 4.74. The van der Waals surface area contributed by atoms with Crippen LogP contribution in [-0.4, -0.2) is 79.6 Å². The van der Waals surface area contributed by atoms with Gasteiger partial charge in [-0.2, -0.15) is 4.72 Å². The van der Waals surface area contributed by atoms with Crippen LogP contribution in [0.3, 0.4) is 0 Å². The summed E-state index contributed by atoms with van der Waals surface area (Å²) in [5.74, 6) is 0.635. The van der Waals surface area contributed by atoms with Crippen molar-refractivity contribution in [1.29, 1.82) is 0 Å². The highest BCUT2D eigenvalue weighted by Gasteiger charge is 2.34. The van der Waals surface area contributed by atoms with Crippen LogP contribution >= 0.6 is 0 Å². The number of aliphatic hydroxyl groups is 1. The van der Waals surface area contributed by atoms with Crippen LogP contribution in [0.5, 0.6) is 11.5 Å². The average molecular weight is 500 g/mol. The van der Waals surface area contributed by atoms with E-state index in [9.17, 15) is 14.8 Å². The molecule has 2 aromatic rings. The SMILES string of the molecule is COC1=NC(c2nnc(N[S+]([O-])[C@H](C)C(O)C3=CN(C)CN3)n2-c2c(O)cccc2OC)=C=C=C1. The lowest BCUT2D eigenvalue weighted by Gasteiger charge is -2.23. The average Bonchev–Trinajstić information content (AvgIpc) is 3.49. The molecule has 2 aliphatic heterocycles. The minimum absolute atomic E-state index is 0.0284. The predicted octanol–water partition coefficient (Wildman–Crippen LogP) is 0.850. The van der Waals surface area contributed by atoms with Crippen molar-refractivity contribution >= 4 is 28.9 Å². The fraction of sp³-hybridized carbons (Fsp3) is 0.318. The number of rotatable bonds is 8. The molecule has 4 rings (SSSR count). The highest BCUT2D eigenvalue weighted by atomic mass is 32.2. The fourth-order valence-electron chi connectivity index (χ4n) is 3.44. The number of para-hydroxylation sites is 1. The summed E-state index contributed by atoms with van der Waals surface area (Å²) in [5.41, 5.74) is 6.63. The number of aromatic hydroxyl groups is 1. The van der Waals surface area contributed by atoms with E-state index in [-0.39, 0.29) is 34.8 Å². The van der Waals surface area contributed by atoms with Crippen LogP contribution < -0.4 is 14.8 Å². The zero-order valence-corrected chi connectivity index (χ0v) is 20.3. The smallest absolute Gasteiger partial charge is 0.271 e. The van der Waals surface area contributed by atoms with Gasteiger partial charge in [0.25, 0.3) is 5.95 Å².